The van der Waals surface area contributed by atoms with Crippen LogP contribution in [0.1, 0.15) is 24.4 Å². The van der Waals surface area contributed by atoms with Gasteiger partial charge in [0.05, 0.1) is 5.57 Å². The Morgan fingerprint density at radius 1 is 1.33 bits per heavy atom. The summed E-state index contributed by atoms with van der Waals surface area (Å²) in [4.78, 5) is 15.9. The molecule has 1 atom stereocenters. The molecular formula is C14H13ClN4O2. The molecule has 1 aromatic carbocycles. The summed E-state index contributed by atoms with van der Waals surface area (Å²) in [6, 6.07) is 6.54. The first kappa shape index (κ1) is 13.6. The average molecular weight is 305 g/mol. The number of carboxylic acid groups (broad SMARTS) is 1. The van der Waals surface area contributed by atoms with Crippen molar-refractivity contribution in [1.29, 1.82) is 0 Å². The molecular weight excluding hydrogens is 292 g/mol. The number of aliphatic carboxylic acids is 1. The van der Waals surface area contributed by atoms with Gasteiger partial charge >= 0.3 is 5.97 Å². The number of carboxylic acids is 1. The Morgan fingerprint density at radius 3 is 2.62 bits per heavy atom. The maximum atomic E-state index is 11.6. The van der Waals surface area contributed by atoms with Crippen LogP contribution in [0.15, 0.2) is 35.5 Å². The lowest BCUT2D eigenvalue weighted by molar-refractivity contribution is -0.133. The van der Waals surface area contributed by atoms with Crippen LogP contribution in [0.25, 0.3) is 0 Å². The second-order valence-corrected chi connectivity index (χ2v) is 5.29. The van der Waals surface area contributed by atoms with E-state index in [1.807, 2.05) is 0 Å². The Labute approximate surface area is 126 Å². The minimum absolute atomic E-state index is 0.245. The van der Waals surface area contributed by atoms with Crippen molar-refractivity contribution >= 4 is 23.5 Å². The Morgan fingerprint density at radius 2 is 2.00 bits per heavy atom. The lowest BCUT2D eigenvalue weighted by Gasteiger charge is -2.27. The quantitative estimate of drug-likeness (QED) is 0.891. The van der Waals surface area contributed by atoms with Gasteiger partial charge in [0, 0.05) is 10.7 Å². The molecule has 1 unspecified atom stereocenters. The second kappa shape index (κ2) is 4.89. The summed E-state index contributed by atoms with van der Waals surface area (Å²) < 4.78 is 1.59. The molecule has 1 aliphatic heterocycles. The van der Waals surface area contributed by atoms with Crippen LogP contribution in [-0.4, -0.2) is 25.8 Å². The summed E-state index contributed by atoms with van der Waals surface area (Å²) >= 11 is 5.91. The van der Waals surface area contributed by atoms with Crippen LogP contribution >= 0.6 is 11.6 Å². The van der Waals surface area contributed by atoms with Crippen molar-refractivity contribution in [3.8, 4) is 0 Å². The van der Waals surface area contributed by atoms with Crippen molar-refractivity contribution in [2.24, 2.45) is 0 Å². The average Bonchev–Trinajstić information content (AvgIpc) is 2.77. The molecule has 0 aliphatic carbocycles. The fourth-order valence-corrected chi connectivity index (χ4v) is 2.61. The van der Waals surface area contributed by atoms with E-state index >= 15 is 0 Å². The first-order chi connectivity index (χ1) is 9.97. The van der Waals surface area contributed by atoms with Gasteiger partial charge in [0.15, 0.2) is 0 Å². The first-order valence-corrected chi connectivity index (χ1v) is 6.75. The zero-order valence-electron chi connectivity index (χ0n) is 11.5. The standard InChI is InChI=1S/C14H13ClN4O2/c1-7-11(13(20)21)12(9-3-5-10(15)6-4-9)19-14(16-7)17-8(2)18-19/h3-6,12H,1-2H3,(H,20,21)(H,16,17,18). The van der Waals surface area contributed by atoms with Crippen LogP contribution in [0.5, 0.6) is 0 Å². The predicted octanol–water partition coefficient (Wildman–Crippen LogP) is 2.61. The molecule has 1 aliphatic rings. The van der Waals surface area contributed by atoms with Gasteiger partial charge in [-0.3, -0.25) is 0 Å². The maximum Gasteiger partial charge on any atom is 0.335 e. The van der Waals surface area contributed by atoms with Crippen molar-refractivity contribution in [2.45, 2.75) is 19.9 Å². The van der Waals surface area contributed by atoms with Crippen molar-refractivity contribution < 1.29 is 9.90 Å². The highest BCUT2D eigenvalue weighted by Gasteiger charge is 2.33. The van der Waals surface area contributed by atoms with Gasteiger partial charge in [-0.15, -0.1) is 0 Å². The summed E-state index contributed by atoms with van der Waals surface area (Å²) in [5, 5.41) is 17.4. The summed E-state index contributed by atoms with van der Waals surface area (Å²) in [6.45, 7) is 3.49. The Bertz CT molecular complexity index is 749. The third-order valence-corrected chi connectivity index (χ3v) is 3.63. The molecule has 0 saturated heterocycles. The van der Waals surface area contributed by atoms with Crippen LogP contribution < -0.4 is 5.32 Å². The molecule has 0 amide bonds. The SMILES string of the molecule is CC1=C(C(=O)O)C(c2ccc(Cl)cc2)n2nc(C)nc2N1. The normalized spacial score (nSPS) is 17.4. The number of rotatable bonds is 2. The van der Waals surface area contributed by atoms with Crippen LogP contribution in [0.3, 0.4) is 0 Å². The molecule has 0 bridgehead atoms. The van der Waals surface area contributed by atoms with Gasteiger partial charge in [-0.2, -0.15) is 10.1 Å². The lowest BCUT2D eigenvalue weighted by Crippen LogP contribution is -2.28. The van der Waals surface area contributed by atoms with Gasteiger partial charge in [-0.05, 0) is 31.5 Å². The number of carbonyl (C=O) groups is 1. The van der Waals surface area contributed by atoms with E-state index in [0.29, 0.717) is 22.5 Å². The van der Waals surface area contributed by atoms with Crippen LogP contribution in [-0.2, 0) is 4.79 Å². The summed E-state index contributed by atoms with van der Waals surface area (Å²) in [6.07, 6.45) is 0. The van der Waals surface area contributed by atoms with E-state index in [0.717, 1.165) is 5.56 Å². The third kappa shape index (κ3) is 2.27. The van der Waals surface area contributed by atoms with E-state index in [1.54, 1.807) is 42.8 Å². The maximum absolute atomic E-state index is 11.6. The minimum Gasteiger partial charge on any atom is -0.478 e. The number of hydrogen-bond acceptors (Lipinski definition) is 4. The molecule has 21 heavy (non-hydrogen) atoms. The second-order valence-electron chi connectivity index (χ2n) is 4.85. The molecule has 2 aromatic rings. The van der Waals surface area contributed by atoms with Gasteiger partial charge in [0.25, 0.3) is 0 Å². The molecule has 7 heteroatoms. The number of anilines is 1. The molecule has 2 N–H and O–H groups in total. The van der Waals surface area contributed by atoms with Gasteiger partial charge in [-0.25, -0.2) is 9.48 Å². The van der Waals surface area contributed by atoms with E-state index in [2.05, 4.69) is 15.4 Å². The topological polar surface area (TPSA) is 80.0 Å². The van der Waals surface area contributed by atoms with Crippen molar-refractivity contribution in [3.63, 3.8) is 0 Å². The fourth-order valence-electron chi connectivity index (χ4n) is 2.49. The summed E-state index contributed by atoms with van der Waals surface area (Å²) in [5.41, 5.74) is 1.60. The highest BCUT2D eigenvalue weighted by atomic mass is 35.5. The van der Waals surface area contributed by atoms with Crippen LogP contribution in [0.4, 0.5) is 5.95 Å². The van der Waals surface area contributed by atoms with Gasteiger partial charge in [0.1, 0.15) is 11.9 Å². The fraction of sp³-hybridized carbons (Fsp3) is 0.214. The molecule has 1 aromatic heterocycles. The van der Waals surface area contributed by atoms with Crippen LogP contribution in [0.2, 0.25) is 5.02 Å². The third-order valence-electron chi connectivity index (χ3n) is 3.37. The van der Waals surface area contributed by atoms with Crippen molar-refractivity contribution in [1.82, 2.24) is 14.8 Å². The van der Waals surface area contributed by atoms with Crippen LogP contribution in [0, 0.1) is 6.92 Å². The molecule has 3 rings (SSSR count). The summed E-state index contributed by atoms with van der Waals surface area (Å²) in [5.74, 6) is 0.129. The predicted molar refractivity (Wildman–Crippen MR) is 78.3 cm³/mol. The van der Waals surface area contributed by atoms with E-state index in [1.165, 1.54) is 0 Å². The number of nitrogens with zero attached hydrogens (tertiary/aromatic N) is 3. The minimum atomic E-state index is -0.987. The van der Waals surface area contributed by atoms with Gasteiger partial charge in [-0.1, -0.05) is 23.7 Å². The largest absolute Gasteiger partial charge is 0.478 e. The van der Waals surface area contributed by atoms with Gasteiger partial charge in [0.2, 0.25) is 5.95 Å². The summed E-state index contributed by atoms with van der Waals surface area (Å²) in [7, 11) is 0. The smallest absolute Gasteiger partial charge is 0.335 e. The van der Waals surface area contributed by atoms with Crippen molar-refractivity contribution in [2.75, 3.05) is 5.32 Å². The van der Waals surface area contributed by atoms with E-state index in [4.69, 9.17) is 11.6 Å². The molecule has 0 radical (unpaired) electrons. The Kier molecular flexibility index (Phi) is 3.17. The molecule has 6 nitrogen and oxygen atoms in total. The van der Waals surface area contributed by atoms with Crippen molar-refractivity contribution in [3.05, 3.63) is 51.9 Å². The molecule has 108 valence electrons. The van der Waals surface area contributed by atoms with Gasteiger partial charge < -0.3 is 10.4 Å². The van der Waals surface area contributed by atoms with E-state index in [-0.39, 0.29) is 5.57 Å². The molecule has 0 fully saturated rings. The highest BCUT2D eigenvalue weighted by Crippen LogP contribution is 2.35. The number of nitrogens with one attached hydrogen (secondary N) is 1. The molecule has 0 spiro atoms. The molecule has 0 saturated carbocycles. The first-order valence-electron chi connectivity index (χ1n) is 6.37. The highest BCUT2D eigenvalue weighted by molar-refractivity contribution is 6.30. The zero-order valence-corrected chi connectivity index (χ0v) is 12.2. The Balaban J connectivity index is 2.21. The number of benzene rings is 1. The number of aromatic nitrogens is 3. The number of allylic oxidation sites excluding steroid dienone is 1. The number of hydrogen-bond donors (Lipinski definition) is 2. The molecule has 2 heterocycles. The number of aryl methyl sites for hydroxylation is 1. The lowest BCUT2D eigenvalue weighted by atomic mass is 9.96. The van der Waals surface area contributed by atoms with E-state index in [9.17, 15) is 9.90 Å². The number of halogens is 1. The zero-order chi connectivity index (χ0) is 15.1. The number of fused-ring (bicyclic) bond motifs is 1. The Hall–Kier alpha value is -2.34. The monoisotopic (exact) mass is 304 g/mol. The van der Waals surface area contributed by atoms with E-state index < -0.39 is 12.0 Å².